The summed E-state index contributed by atoms with van der Waals surface area (Å²) in [6, 6.07) is 3.20. The van der Waals surface area contributed by atoms with Gasteiger partial charge in [0.05, 0.1) is 5.69 Å². The van der Waals surface area contributed by atoms with E-state index in [1.54, 1.807) is 12.1 Å². The summed E-state index contributed by atoms with van der Waals surface area (Å²) in [5.74, 6) is 0.563. The molecule has 5 nitrogen and oxygen atoms in total. The quantitative estimate of drug-likeness (QED) is 0.882. The van der Waals surface area contributed by atoms with Crippen LogP contribution in [0.4, 0.5) is 5.69 Å². The van der Waals surface area contributed by atoms with Crippen LogP contribution in [-0.4, -0.2) is 30.3 Å². The van der Waals surface area contributed by atoms with Crippen molar-refractivity contribution in [3.05, 3.63) is 18.3 Å². The number of hydrogen-bond acceptors (Lipinski definition) is 4. The van der Waals surface area contributed by atoms with E-state index in [1.807, 2.05) is 6.92 Å². The molecule has 1 aromatic rings. The molecule has 100 valence electrons. The third-order valence-electron chi connectivity index (χ3n) is 3.43. The van der Waals surface area contributed by atoms with Crippen molar-refractivity contribution in [2.24, 2.45) is 5.92 Å². The van der Waals surface area contributed by atoms with E-state index in [1.165, 1.54) is 10.5 Å². The van der Waals surface area contributed by atoms with Crippen molar-refractivity contribution in [3.8, 4) is 0 Å². The van der Waals surface area contributed by atoms with Gasteiger partial charge in [-0.1, -0.05) is 6.92 Å². The van der Waals surface area contributed by atoms with Crippen LogP contribution in [0.2, 0.25) is 0 Å². The van der Waals surface area contributed by atoms with Gasteiger partial charge in [0, 0.05) is 18.8 Å². The Morgan fingerprint density at radius 1 is 1.44 bits per heavy atom. The van der Waals surface area contributed by atoms with Crippen LogP contribution in [0, 0.1) is 5.92 Å². The fourth-order valence-corrected chi connectivity index (χ4v) is 4.16. The monoisotopic (exact) mass is 269 g/mol. The van der Waals surface area contributed by atoms with Gasteiger partial charge in [-0.3, -0.25) is 0 Å². The molecule has 1 aromatic heterocycles. The molecular weight excluding hydrogens is 250 g/mol. The molecule has 0 spiro atoms. The number of aromatic nitrogens is 1. The van der Waals surface area contributed by atoms with E-state index in [-0.39, 0.29) is 16.8 Å². The zero-order valence-electron chi connectivity index (χ0n) is 10.7. The molecule has 1 aliphatic heterocycles. The van der Waals surface area contributed by atoms with Crippen LogP contribution < -0.4 is 5.73 Å². The first-order valence-electron chi connectivity index (χ1n) is 6.15. The van der Waals surface area contributed by atoms with Gasteiger partial charge in [0.25, 0.3) is 10.0 Å². The number of rotatable bonds is 2. The van der Waals surface area contributed by atoms with Crippen LogP contribution in [0.15, 0.2) is 23.4 Å². The van der Waals surface area contributed by atoms with Crippen LogP contribution >= 0.6 is 0 Å². The Balaban J connectivity index is 2.35. The highest BCUT2D eigenvalue weighted by molar-refractivity contribution is 7.89. The van der Waals surface area contributed by atoms with Crippen molar-refractivity contribution in [2.75, 3.05) is 12.3 Å². The standard InChI is InChI=1S/C12H19N3O2S/c1-9-5-7-15(10(2)8-9)18(16,17)12-11(13)4-3-6-14-12/h3-4,6,9-10H,5,7-8,13H2,1-2H3. The number of anilines is 1. The zero-order chi connectivity index (χ0) is 13.3. The second kappa shape index (κ2) is 4.85. The van der Waals surface area contributed by atoms with E-state index in [0.717, 1.165) is 12.8 Å². The minimum absolute atomic E-state index is 0.000145. The summed E-state index contributed by atoms with van der Waals surface area (Å²) >= 11 is 0. The largest absolute Gasteiger partial charge is 0.396 e. The summed E-state index contributed by atoms with van der Waals surface area (Å²) in [4.78, 5) is 3.92. The van der Waals surface area contributed by atoms with Gasteiger partial charge in [0.2, 0.25) is 0 Å². The van der Waals surface area contributed by atoms with Crippen LogP contribution in [-0.2, 0) is 10.0 Å². The Hall–Kier alpha value is -1.14. The first kappa shape index (κ1) is 13.3. The SMILES string of the molecule is CC1CCN(S(=O)(=O)c2ncccc2N)C(C)C1. The van der Waals surface area contributed by atoms with Crippen molar-refractivity contribution in [1.29, 1.82) is 0 Å². The summed E-state index contributed by atoms with van der Waals surface area (Å²) < 4.78 is 26.5. The number of nitrogens with two attached hydrogens (primary N) is 1. The molecule has 2 heterocycles. The Labute approximate surface area is 108 Å². The lowest BCUT2D eigenvalue weighted by Gasteiger charge is -2.35. The molecule has 1 saturated heterocycles. The molecule has 18 heavy (non-hydrogen) atoms. The molecule has 0 saturated carbocycles. The van der Waals surface area contributed by atoms with Gasteiger partial charge in [-0.2, -0.15) is 4.31 Å². The highest BCUT2D eigenvalue weighted by Crippen LogP contribution is 2.29. The first-order valence-corrected chi connectivity index (χ1v) is 7.59. The fraction of sp³-hybridized carbons (Fsp3) is 0.583. The molecule has 1 fully saturated rings. The predicted molar refractivity (Wildman–Crippen MR) is 70.4 cm³/mol. The first-order chi connectivity index (χ1) is 8.43. The normalized spacial score (nSPS) is 26.1. The minimum atomic E-state index is -3.57. The van der Waals surface area contributed by atoms with E-state index >= 15 is 0 Å². The van der Waals surface area contributed by atoms with Crippen LogP contribution in [0.25, 0.3) is 0 Å². The molecule has 0 bridgehead atoms. The Kier molecular flexibility index (Phi) is 3.59. The Morgan fingerprint density at radius 2 is 2.17 bits per heavy atom. The van der Waals surface area contributed by atoms with Gasteiger partial charge < -0.3 is 5.73 Å². The van der Waals surface area contributed by atoms with E-state index in [4.69, 9.17) is 5.73 Å². The molecule has 0 aliphatic carbocycles. The van der Waals surface area contributed by atoms with Crippen molar-refractivity contribution >= 4 is 15.7 Å². The summed E-state index contributed by atoms with van der Waals surface area (Å²) in [5.41, 5.74) is 5.93. The molecular formula is C12H19N3O2S. The zero-order valence-corrected chi connectivity index (χ0v) is 11.5. The lowest BCUT2D eigenvalue weighted by Crippen LogP contribution is -2.44. The molecule has 0 aromatic carbocycles. The van der Waals surface area contributed by atoms with E-state index in [2.05, 4.69) is 11.9 Å². The Bertz CT molecular complexity index is 530. The molecule has 0 amide bonds. The van der Waals surface area contributed by atoms with Crippen molar-refractivity contribution in [2.45, 2.75) is 37.8 Å². The van der Waals surface area contributed by atoms with Crippen molar-refractivity contribution in [1.82, 2.24) is 9.29 Å². The molecule has 2 unspecified atom stereocenters. The lowest BCUT2D eigenvalue weighted by atomic mass is 9.95. The topological polar surface area (TPSA) is 76.3 Å². The van der Waals surface area contributed by atoms with Gasteiger partial charge in [-0.05, 0) is 37.8 Å². The van der Waals surface area contributed by atoms with Gasteiger partial charge in [0.1, 0.15) is 0 Å². The maximum absolute atomic E-state index is 12.5. The van der Waals surface area contributed by atoms with E-state index in [9.17, 15) is 8.42 Å². The van der Waals surface area contributed by atoms with E-state index < -0.39 is 10.0 Å². The smallest absolute Gasteiger partial charge is 0.262 e. The minimum Gasteiger partial charge on any atom is -0.396 e. The molecule has 2 rings (SSSR count). The maximum atomic E-state index is 12.5. The van der Waals surface area contributed by atoms with Gasteiger partial charge in [-0.15, -0.1) is 0 Å². The van der Waals surface area contributed by atoms with E-state index in [0.29, 0.717) is 12.5 Å². The second-order valence-electron chi connectivity index (χ2n) is 4.99. The highest BCUT2D eigenvalue weighted by atomic mass is 32.2. The summed E-state index contributed by atoms with van der Waals surface area (Å²) in [5, 5.41) is -0.0218. The average molecular weight is 269 g/mol. The average Bonchev–Trinajstić information content (AvgIpc) is 2.28. The predicted octanol–water partition coefficient (Wildman–Crippen LogP) is 1.47. The number of sulfonamides is 1. The fourth-order valence-electron chi connectivity index (χ4n) is 2.47. The molecule has 6 heteroatoms. The third kappa shape index (κ3) is 2.35. The maximum Gasteiger partial charge on any atom is 0.262 e. The summed E-state index contributed by atoms with van der Waals surface area (Å²) in [6.07, 6.45) is 3.22. The second-order valence-corrected chi connectivity index (χ2v) is 6.80. The lowest BCUT2D eigenvalue weighted by molar-refractivity contribution is 0.219. The van der Waals surface area contributed by atoms with Crippen molar-refractivity contribution < 1.29 is 8.42 Å². The van der Waals surface area contributed by atoms with Gasteiger partial charge in [0.15, 0.2) is 5.03 Å². The van der Waals surface area contributed by atoms with Gasteiger partial charge in [-0.25, -0.2) is 13.4 Å². The van der Waals surface area contributed by atoms with Crippen LogP contribution in [0.1, 0.15) is 26.7 Å². The molecule has 1 aliphatic rings. The summed E-state index contributed by atoms with van der Waals surface area (Å²) in [6.45, 7) is 4.63. The highest BCUT2D eigenvalue weighted by Gasteiger charge is 2.34. The Morgan fingerprint density at radius 3 is 2.78 bits per heavy atom. The number of pyridine rings is 1. The number of hydrogen-bond donors (Lipinski definition) is 1. The molecule has 0 radical (unpaired) electrons. The molecule has 2 atom stereocenters. The molecule has 2 N–H and O–H groups in total. The van der Waals surface area contributed by atoms with Gasteiger partial charge >= 0.3 is 0 Å². The van der Waals surface area contributed by atoms with Crippen molar-refractivity contribution in [3.63, 3.8) is 0 Å². The van der Waals surface area contributed by atoms with Crippen LogP contribution in [0.5, 0.6) is 0 Å². The number of piperidine rings is 1. The third-order valence-corrected chi connectivity index (χ3v) is 5.42. The van der Waals surface area contributed by atoms with Crippen LogP contribution in [0.3, 0.4) is 0 Å². The number of nitrogens with zero attached hydrogens (tertiary/aromatic N) is 2. The number of nitrogen functional groups attached to an aromatic ring is 1. The summed E-state index contributed by atoms with van der Waals surface area (Å²) in [7, 11) is -3.57.